The zero-order valence-corrected chi connectivity index (χ0v) is 16.3. The third-order valence-electron chi connectivity index (χ3n) is 6.05. The van der Waals surface area contributed by atoms with Crippen molar-refractivity contribution in [2.75, 3.05) is 5.32 Å². The Hall–Kier alpha value is -2.40. The van der Waals surface area contributed by atoms with Crippen molar-refractivity contribution in [3.05, 3.63) is 65.5 Å². The Bertz CT molecular complexity index is 792. The number of hydrogen-bond acceptors (Lipinski definition) is 2. The topological polar surface area (TPSA) is 44.4 Å². The smallest absolute Gasteiger partial charge is 0.319 e. The summed E-state index contributed by atoms with van der Waals surface area (Å²) >= 11 is 0. The van der Waals surface area contributed by atoms with Gasteiger partial charge >= 0.3 is 6.03 Å². The van der Waals surface area contributed by atoms with E-state index < -0.39 is 0 Å². The van der Waals surface area contributed by atoms with Crippen LogP contribution in [0.3, 0.4) is 0 Å². The molecule has 2 aliphatic heterocycles. The van der Waals surface area contributed by atoms with Crippen molar-refractivity contribution < 1.29 is 9.18 Å². The van der Waals surface area contributed by atoms with Gasteiger partial charge in [0.15, 0.2) is 0 Å². The van der Waals surface area contributed by atoms with Crippen LogP contribution in [0.5, 0.6) is 0 Å². The van der Waals surface area contributed by atoms with Gasteiger partial charge in [-0.25, -0.2) is 9.18 Å². The van der Waals surface area contributed by atoms with Crippen LogP contribution in [-0.4, -0.2) is 29.1 Å². The second kappa shape index (κ2) is 8.31. The van der Waals surface area contributed by atoms with E-state index in [1.165, 1.54) is 24.1 Å². The van der Waals surface area contributed by atoms with Gasteiger partial charge in [-0.05, 0) is 62.4 Å². The Morgan fingerprint density at radius 1 is 1.04 bits per heavy atom. The van der Waals surface area contributed by atoms with Crippen LogP contribution < -0.4 is 10.6 Å². The second-order valence-corrected chi connectivity index (χ2v) is 8.17. The molecule has 148 valence electrons. The molecule has 2 heterocycles. The zero-order valence-electron chi connectivity index (χ0n) is 16.3. The van der Waals surface area contributed by atoms with Crippen LogP contribution >= 0.6 is 0 Å². The Labute approximate surface area is 166 Å². The van der Waals surface area contributed by atoms with E-state index in [-0.39, 0.29) is 17.9 Å². The lowest BCUT2D eigenvalue weighted by atomic mass is 9.81. The number of urea groups is 1. The summed E-state index contributed by atoms with van der Waals surface area (Å²) in [6, 6.07) is 15.7. The van der Waals surface area contributed by atoms with Crippen LogP contribution in [0.25, 0.3) is 0 Å². The number of aryl methyl sites for hydroxylation is 1. The first kappa shape index (κ1) is 18.9. The zero-order chi connectivity index (χ0) is 19.5. The lowest BCUT2D eigenvalue weighted by molar-refractivity contribution is 0.0200. The lowest BCUT2D eigenvalue weighted by Gasteiger charge is -2.49. The Morgan fingerprint density at radius 2 is 1.68 bits per heavy atom. The molecule has 2 bridgehead atoms. The number of hydrogen-bond donors (Lipinski definition) is 2. The average molecular weight is 381 g/mol. The monoisotopic (exact) mass is 381 g/mol. The van der Waals surface area contributed by atoms with Gasteiger partial charge in [0.1, 0.15) is 5.82 Å². The Morgan fingerprint density at radius 3 is 2.32 bits per heavy atom. The van der Waals surface area contributed by atoms with Gasteiger partial charge in [0.25, 0.3) is 0 Å². The SMILES string of the molecule is Cc1ccc(NC(=O)NC2CC3CCCC(C2)N3Cc2ccc(F)cc2)cc1. The van der Waals surface area contributed by atoms with E-state index in [0.29, 0.717) is 12.1 Å². The van der Waals surface area contributed by atoms with Crippen LogP contribution in [0.4, 0.5) is 14.9 Å². The van der Waals surface area contributed by atoms with Gasteiger partial charge in [0.05, 0.1) is 0 Å². The lowest BCUT2D eigenvalue weighted by Crippen LogP contribution is -2.56. The van der Waals surface area contributed by atoms with E-state index in [1.54, 1.807) is 0 Å². The van der Waals surface area contributed by atoms with Gasteiger partial charge in [0.2, 0.25) is 0 Å². The van der Waals surface area contributed by atoms with Crippen molar-refractivity contribution >= 4 is 11.7 Å². The van der Waals surface area contributed by atoms with Gasteiger partial charge in [-0.15, -0.1) is 0 Å². The van der Waals surface area contributed by atoms with Crippen molar-refractivity contribution in [2.45, 2.75) is 63.7 Å². The number of nitrogens with zero attached hydrogens (tertiary/aromatic N) is 1. The maximum Gasteiger partial charge on any atom is 0.319 e. The molecule has 4 nitrogen and oxygen atoms in total. The van der Waals surface area contributed by atoms with Crippen LogP contribution in [0.15, 0.2) is 48.5 Å². The molecule has 2 N–H and O–H groups in total. The van der Waals surface area contributed by atoms with Crippen molar-refractivity contribution in [2.24, 2.45) is 0 Å². The molecule has 28 heavy (non-hydrogen) atoms. The van der Waals surface area contributed by atoms with E-state index in [0.717, 1.165) is 43.5 Å². The third-order valence-corrected chi connectivity index (χ3v) is 6.05. The first-order valence-corrected chi connectivity index (χ1v) is 10.2. The standard InChI is InChI=1S/C23H28FN3O/c1-16-5-11-19(12-6-16)25-23(28)26-20-13-21-3-2-4-22(14-20)27(21)15-17-7-9-18(24)10-8-17/h5-12,20-22H,2-4,13-15H2,1H3,(H2,25,26,28). The minimum Gasteiger partial charge on any atom is -0.335 e. The van der Waals surface area contributed by atoms with Crippen molar-refractivity contribution in [3.63, 3.8) is 0 Å². The molecule has 2 atom stereocenters. The molecule has 0 radical (unpaired) electrons. The highest BCUT2D eigenvalue weighted by Gasteiger charge is 2.38. The molecule has 2 aliphatic rings. The largest absolute Gasteiger partial charge is 0.335 e. The molecule has 4 rings (SSSR count). The summed E-state index contributed by atoms with van der Waals surface area (Å²) in [6.45, 7) is 2.89. The maximum absolute atomic E-state index is 13.2. The van der Waals surface area contributed by atoms with Crippen molar-refractivity contribution in [1.82, 2.24) is 10.2 Å². The molecular weight excluding hydrogens is 353 g/mol. The molecule has 0 aromatic heterocycles. The van der Waals surface area contributed by atoms with Crippen LogP contribution in [0, 0.1) is 12.7 Å². The van der Waals surface area contributed by atoms with E-state index in [2.05, 4.69) is 15.5 Å². The third kappa shape index (κ3) is 4.53. The quantitative estimate of drug-likeness (QED) is 0.796. The first-order chi connectivity index (χ1) is 13.6. The van der Waals surface area contributed by atoms with Gasteiger partial charge in [0, 0.05) is 30.4 Å². The summed E-state index contributed by atoms with van der Waals surface area (Å²) in [5.41, 5.74) is 3.14. The number of piperidine rings is 2. The highest BCUT2D eigenvalue weighted by atomic mass is 19.1. The summed E-state index contributed by atoms with van der Waals surface area (Å²) in [5.74, 6) is -0.188. The van der Waals surface area contributed by atoms with E-state index in [4.69, 9.17) is 0 Å². The number of rotatable bonds is 4. The fourth-order valence-corrected chi connectivity index (χ4v) is 4.64. The second-order valence-electron chi connectivity index (χ2n) is 8.17. The number of carbonyl (C=O) groups excluding carboxylic acids is 1. The Kier molecular flexibility index (Phi) is 5.62. The maximum atomic E-state index is 13.2. The Balaban J connectivity index is 1.35. The van der Waals surface area contributed by atoms with Crippen LogP contribution in [-0.2, 0) is 6.54 Å². The molecule has 0 spiro atoms. The van der Waals surface area contributed by atoms with Gasteiger partial charge in [-0.2, -0.15) is 0 Å². The fraction of sp³-hybridized carbons (Fsp3) is 0.435. The summed E-state index contributed by atoms with van der Waals surface area (Å²) in [4.78, 5) is 15.0. The molecule has 0 saturated carbocycles. The van der Waals surface area contributed by atoms with E-state index in [9.17, 15) is 9.18 Å². The first-order valence-electron chi connectivity index (χ1n) is 10.2. The van der Waals surface area contributed by atoms with Crippen LogP contribution in [0.1, 0.15) is 43.2 Å². The molecule has 5 heteroatoms. The number of benzene rings is 2. The predicted molar refractivity (Wildman–Crippen MR) is 110 cm³/mol. The average Bonchev–Trinajstić information content (AvgIpc) is 2.66. The molecule has 2 aromatic rings. The van der Waals surface area contributed by atoms with Crippen LogP contribution in [0.2, 0.25) is 0 Å². The van der Waals surface area contributed by atoms with E-state index >= 15 is 0 Å². The van der Waals surface area contributed by atoms with Gasteiger partial charge < -0.3 is 10.6 Å². The molecule has 2 saturated heterocycles. The predicted octanol–water partition coefficient (Wildman–Crippen LogP) is 4.84. The minimum absolute atomic E-state index is 0.126. The molecule has 2 amide bonds. The molecular formula is C23H28FN3O. The summed E-state index contributed by atoms with van der Waals surface area (Å²) in [6.07, 6.45) is 5.51. The van der Waals surface area contributed by atoms with E-state index in [1.807, 2.05) is 43.3 Å². The normalized spacial score (nSPS) is 24.6. The number of carbonyl (C=O) groups is 1. The summed E-state index contributed by atoms with van der Waals surface area (Å²) in [5, 5.41) is 6.12. The van der Waals surface area contributed by atoms with Gasteiger partial charge in [-0.1, -0.05) is 36.2 Å². The number of amides is 2. The van der Waals surface area contributed by atoms with Crippen molar-refractivity contribution in [1.29, 1.82) is 0 Å². The number of nitrogens with one attached hydrogen (secondary N) is 2. The number of halogens is 1. The number of anilines is 1. The molecule has 0 aliphatic carbocycles. The van der Waals surface area contributed by atoms with Gasteiger partial charge in [-0.3, -0.25) is 4.90 Å². The number of fused-ring (bicyclic) bond motifs is 2. The summed E-state index contributed by atoms with van der Waals surface area (Å²) in [7, 11) is 0. The highest BCUT2D eigenvalue weighted by molar-refractivity contribution is 5.89. The molecule has 2 aromatic carbocycles. The molecule has 2 unspecified atom stereocenters. The highest BCUT2D eigenvalue weighted by Crippen LogP contribution is 2.35. The molecule has 2 fully saturated rings. The fourth-order valence-electron chi connectivity index (χ4n) is 4.64. The summed E-state index contributed by atoms with van der Waals surface area (Å²) < 4.78 is 13.2. The van der Waals surface area contributed by atoms with Crippen molar-refractivity contribution in [3.8, 4) is 0 Å². The minimum atomic E-state index is -0.188.